The summed E-state index contributed by atoms with van der Waals surface area (Å²) in [7, 11) is 1.58. The summed E-state index contributed by atoms with van der Waals surface area (Å²) in [4.78, 5) is 28.0. The van der Waals surface area contributed by atoms with Gasteiger partial charge in [-0.3, -0.25) is 14.6 Å². The van der Waals surface area contributed by atoms with Crippen LogP contribution in [0.3, 0.4) is 0 Å². The average molecular weight is 388 g/mol. The number of aliphatic imine (C=N–C) groups is 2. The zero-order valence-corrected chi connectivity index (χ0v) is 16.4. The molecule has 1 fully saturated rings. The van der Waals surface area contributed by atoms with E-state index in [0.29, 0.717) is 29.4 Å². The lowest BCUT2D eigenvalue weighted by molar-refractivity contribution is -0.230. The third-order valence-corrected chi connectivity index (χ3v) is 5.66. The van der Waals surface area contributed by atoms with Crippen LogP contribution in [0.2, 0.25) is 5.02 Å². The molecule has 4 rings (SSSR count). The highest BCUT2D eigenvalue weighted by molar-refractivity contribution is 6.32. The van der Waals surface area contributed by atoms with E-state index in [2.05, 4.69) is 4.99 Å². The molecule has 0 bridgehead atoms. The molecule has 1 spiro atoms. The van der Waals surface area contributed by atoms with Gasteiger partial charge >= 0.3 is 0 Å². The van der Waals surface area contributed by atoms with E-state index in [-0.39, 0.29) is 11.3 Å². The molecule has 7 heteroatoms. The van der Waals surface area contributed by atoms with Crippen LogP contribution < -0.4 is 0 Å². The van der Waals surface area contributed by atoms with Crippen LogP contribution in [0, 0.1) is 0 Å². The Balaban J connectivity index is 1.82. The number of hydrogen-bond acceptors (Lipinski definition) is 5. The fraction of sp³-hybridized carbons (Fsp3) is 0.450. The number of hydroxylamine groups is 2. The smallest absolute Gasteiger partial charge is 0.282 e. The zero-order valence-electron chi connectivity index (χ0n) is 15.6. The minimum Gasteiger partial charge on any atom is -0.508 e. The predicted octanol–water partition coefficient (Wildman–Crippen LogP) is 3.85. The number of nitrogens with zero attached hydrogens (tertiary/aromatic N) is 3. The van der Waals surface area contributed by atoms with Crippen molar-refractivity contribution in [2.24, 2.45) is 9.98 Å². The maximum Gasteiger partial charge on any atom is 0.282 e. The lowest BCUT2D eigenvalue weighted by Gasteiger charge is -2.39. The first-order valence-electron chi connectivity index (χ1n) is 9.10. The molecule has 6 nitrogen and oxygen atoms in total. The first-order chi connectivity index (χ1) is 12.7. The second-order valence-corrected chi connectivity index (χ2v) is 8.22. The predicted molar refractivity (Wildman–Crippen MR) is 104 cm³/mol. The Bertz CT molecular complexity index is 894. The molecule has 1 aromatic carbocycles. The molecule has 1 aliphatic carbocycles. The third-order valence-electron chi connectivity index (χ3n) is 5.41. The molecule has 0 radical (unpaired) electrons. The van der Waals surface area contributed by atoms with Crippen molar-refractivity contribution >= 4 is 29.1 Å². The molecule has 0 atom stereocenters. The lowest BCUT2D eigenvalue weighted by Crippen LogP contribution is -2.50. The molecule has 27 heavy (non-hydrogen) atoms. The van der Waals surface area contributed by atoms with Crippen LogP contribution in [0.25, 0.3) is 0 Å². The molecule has 142 valence electrons. The van der Waals surface area contributed by atoms with E-state index in [0.717, 1.165) is 18.4 Å². The number of carbonyl (C=O) groups is 1. The molecule has 1 N–H and O–H groups in total. The summed E-state index contributed by atoms with van der Waals surface area (Å²) in [5, 5.41) is 12.9. The largest absolute Gasteiger partial charge is 0.508 e. The van der Waals surface area contributed by atoms with Crippen LogP contribution in [-0.2, 0) is 9.63 Å². The fourth-order valence-electron chi connectivity index (χ4n) is 4.00. The summed E-state index contributed by atoms with van der Waals surface area (Å²) < 4.78 is 0. The van der Waals surface area contributed by atoms with Crippen LogP contribution >= 0.6 is 11.6 Å². The van der Waals surface area contributed by atoms with Gasteiger partial charge in [0.2, 0.25) is 0 Å². The van der Waals surface area contributed by atoms with Crippen LogP contribution in [-0.4, -0.2) is 45.8 Å². The molecule has 2 aliphatic heterocycles. The number of aliphatic hydroxyl groups is 1. The third kappa shape index (κ3) is 2.87. The number of carbonyl (C=O) groups excluding carboxylic acids is 1. The van der Waals surface area contributed by atoms with Crippen molar-refractivity contribution in [2.75, 3.05) is 7.05 Å². The number of rotatable bonds is 2. The van der Waals surface area contributed by atoms with Gasteiger partial charge in [0.15, 0.2) is 11.4 Å². The standard InChI is InChI=1S/C20H22ClN3O3/c1-19(2)15(22-17(23-19)12-6-8-13(21)9-7-12)14-16(25)20(10-4-5-11-20)27-24(3)18(14)26/h6-9,25H,4-5,10-11H2,1-3H3. The molecule has 0 unspecified atom stereocenters. The Morgan fingerprint density at radius 1 is 1.19 bits per heavy atom. The van der Waals surface area contributed by atoms with Gasteiger partial charge in [-0.25, -0.2) is 10.1 Å². The summed E-state index contributed by atoms with van der Waals surface area (Å²) in [6.45, 7) is 3.78. The number of hydrogen-bond donors (Lipinski definition) is 1. The summed E-state index contributed by atoms with van der Waals surface area (Å²) in [6.07, 6.45) is 3.25. The number of amides is 1. The molecular weight excluding hydrogens is 366 g/mol. The van der Waals surface area contributed by atoms with Crippen molar-refractivity contribution in [3.63, 3.8) is 0 Å². The van der Waals surface area contributed by atoms with E-state index in [9.17, 15) is 9.90 Å². The van der Waals surface area contributed by atoms with Gasteiger partial charge in [-0.1, -0.05) is 11.6 Å². The van der Waals surface area contributed by atoms with E-state index in [1.165, 1.54) is 5.06 Å². The van der Waals surface area contributed by atoms with Crippen LogP contribution in [0.4, 0.5) is 0 Å². The van der Waals surface area contributed by atoms with E-state index in [1.54, 1.807) is 19.2 Å². The Labute approximate surface area is 163 Å². The van der Waals surface area contributed by atoms with E-state index >= 15 is 0 Å². The number of benzene rings is 1. The maximum absolute atomic E-state index is 12.9. The summed E-state index contributed by atoms with van der Waals surface area (Å²) in [6, 6.07) is 7.23. The van der Waals surface area contributed by atoms with Crippen molar-refractivity contribution in [1.82, 2.24) is 5.06 Å². The maximum atomic E-state index is 12.9. The molecule has 3 aliphatic rings. The van der Waals surface area contributed by atoms with Gasteiger partial charge in [0, 0.05) is 17.6 Å². The van der Waals surface area contributed by atoms with Crippen molar-refractivity contribution in [3.05, 3.63) is 46.2 Å². The van der Waals surface area contributed by atoms with Gasteiger partial charge in [0.05, 0.1) is 5.71 Å². The Morgan fingerprint density at radius 3 is 2.44 bits per heavy atom. The normalized spacial score (nSPS) is 23.9. The SMILES string of the molecule is CN1OC2(CCCC2)C(O)=C(C2=NC(c3ccc(Cl)cc3)=NC2(C)C)C1=O. The molecule has 1 aromatic rings. The molecule has 1 amide bonds. The molecule has 0 aromatic heterocycles. The van der Waals surface area contributed by atoms with Crippen molar-refractivity contribution in [2.45, 2.75) is 50.7 Å². The van der Waals surface area contributed by atoms with Gasteiger partial charge < -0.3 is 5.11 Å². The second-order valence-electron chi connectivity index (χ2n) is 7.78. The highest BCUT2D eigenvalue weighted by Gasteiger charge is 2.51. The fourth-order valence-corrected chi connectivity index (χ4v) is 4.12. The quantitative estimate of drug-likeness (QED) is 0.837. The van der Waals surface area contributed by atoms with Crippen molar-refractivity contribution in [3.8, 4) is 0 Å². The summed E-state index contributed by atoms with van der Waals surface area (Å²) in [5.41, 5.74) is -0.0864. The van der Waals surface area contributed by atoms with Crippen LogP contribution in [0.5, 0.6) is 0 Å². The van der Waals surface area contributed by atoms with Crippen molar-refractivity contribution in [1.29, 1.82) is 0 Å². The molecule has 2 heterocycles. The lowest BCUT2D eigenvalue weighted by atomic mass is 9.86. The first kappa shape index (κ1) is 18.2. The molecular formula is C20H22ClN3O3. The monoisotopic (exact) mass is 387 g/mol. The summed E-state index contributed by atoms with van der Waals surface area (Å²) in [5.74, 6) is 0.112. The van der Waals surface area contributed by atoms with Gasteiger partial charge in [0.25, 0.3) is 5.91 Å². The number of halogens is 1. The van der Waals surface area contributed by atoms with Gasteiger partial charge in [0.1, 0.15) is 16.9 Å². The first-order valence-corrected chi connectivity index (χ1v) is 9.48. The van der Waals surface area contributed by atoms with Gasteiger partial charge in [-0.2, -0.15) is 0 Å². The van der Waals surface area contributed by atoms with E-state index < -0.39 is 17.0 Å². The van der Waals surface area contributed by atoms with Gasteiger partial charge in [-0.15, -0.1) is 0 Å². The van der Waals surface area contributed by atoms with E-state index in [1.807, 2.05) is 26.0 Å². The van der Waals surface area contributed by atoms with E-state index in [4.69, 9.17) is 21.4 Å². The van der Waals surface area contributed by atoms with Crippen molar-refractivity contribution < 1.29 is 14.7 Å². The molecule has 1 saturated carbocycles. The highest BCUT2D eigenvalue weighted by Crippen LogP contribution is 2.44. The minimum absolute atomic E-state index is 0.0116. The average Bonchev–Trinajstić information content (AvgIpc) is 3.20. The minimum atomic E-state index is -0.834. The molecule has 0 saturated heterocycles. The summed E-state index contributed by atoms with van der Waals surface area (Å²) >= 11 is 5.97. The topological polar surface area (TPSA) is 74.5 Å². The number of amidine groups is 1. The Kier molecular flexibility index (Phi) is 4.16. The number of aliphatic hydroxyl groups excluding tert-OH is 1. The number of likely N-dealkylation sites (N-methyl/N-ethyl adjacent to an activating group) is 1. The highest BCUT2D eigenvalue weighted by atomic mass is 35.5. The van der Waals surface area contributed by atoms with Crippen LogP contribution in [0.1, 0.15) is 45.1 Å². The van der Waals surface area contributed by atoms with Crippen LogP contribution in [0.15, 0.2) is 45.6 Å². The van der Waals surface area contributed by atoms with Gasteiger partial charge in [-0.05, 0) is 63.8 Å². The Hall–Kier alpha value is -2.18. The Morgan fingerprint density at radius 2 is 1.81 bits per heavy atom. The zero-order chi connectivity index (χ0) is 19.4. The second kappa shape index (κ2) is 6.17.